The fourth-order valence-corrected chi connectivity index (χ4v) is 4.13. The molecule has 0 aliphatic heterocycles. The third kappa shape index (κ3) is 4.99. The number of alkyl halides is 3. The fraction of sp³-hybridized carbons (Fsp3) is 0.107. The van der Waals surface area contributed by atoms with Gasteiger partial charge in [0, 0.05) is 5.56 Å². The summed E-state index contributed by atoms with van der Waals surface area (Å²) in [5, 5.41) is 21.4. The van der Waals surface area contributed by atoms with Crippen LogP contribution in [-0.4, -0.2) is 16.2 Å². The van der Waals surface area contributed by atoms with Crippen molar-refractivity contribution in [2.75, 3.05) is 0 Å². The van der Waals surface area contributed by atoms with Crippen molar-refractivity contribution in [2.45, 2.75) is 18.2 Å². The van der Waals surface area contributed by atoms with Gasteiger partial charge in [0.2, 0.25) is 0 Å². The van der Waals surface area contributed by atoms with Crippen LogP contribution in [0.3, 0.4) is 0 Å². The molecule has 4 aromatic carbocycles. The van der Waals surface area contributed by atoms with Crippen molar-refractivity contribution in [3.05, 3.63) is 130 Å². The molecule has 36 heavy (non-hydrogen) atoms. The quantitative estimate of drug-likeness (QED) is 0.234. The lowest BCUT2D eigenvalue weighted by Gasteiger charge is -2.32. The van der Waals surface area contributed by atoms with Gasteiger partial charge in [-0.15, -0.1) is 0 Å². The molecule has 0 spiro atoms. The summed E-state index contributed by atoms with van der Waals surface area (Å²) in [4.78, 5) is 11.3. The zero-order valence-corrected chi connectivity index (χ0v) is 18.6. The minimum Gasteiger partial charge on any atom is -0.481 e. The summed E-state index contributed by atoms with van der Waals surface area (Å²) in [6.45, 7) is 0. The molecule has 0 bridgehead atoms. The van der Waals surface area contributed by atoms with Gasteiger partial charge in [-0.2, -0.15) is 13.2 Å². The Hall–Kier alpha value is -4.04. The smallest absolute Gasteiger partial charge is 0.416 e. The Kier molecular flexibility index (Phi) is 6.65. The maximum atomic E-state index is 13.7. The van der Waals surface area contributed by atoms with Crippen molar-refractivity contribution in [1.29, 1.82) is 0 Å². The van der Waals surface area contributed by atoms with Crippen LogP contribution >= 0.6 is 0 Å². The molecule has 3 nitrogen and oxygen atoms in total. The molecule has 0 saturated heterocycles. The molecule has 4 rings (SSSR count). The number of carboxylic acid groups (broad SMARTS) is 1. The maximum Gasteiger partial charge on any atom is 0.416 e. The Morgan fingerprint density at radius 3 is 1.61 bits per heavy atom. The second-order valence-corrected chi connectivity index (χ2v) is 8.25. The molecule has 0 atom stereocenters. The van der Waals surface area contributed by atoms with Crippen molar-refractivity contribution < 1.29 is 37.0 Å². The lowest BCUT2D eigenvalue weighted by atomic mass is 9.76. The zero-order valence-electron chi connectivity index (χ0n) is 18.6. The van der Waals surface area contributed by atoms with Gasteiger partial charge in [0.25, 0.3) is 0 Å². The van der Waals surface area contributed by atoms with E-state index in [4.69, 9.17) is 0 Å². The van der Waals surface area contributed by atoms with Gasteiger partial charge in [-0.05, 0) is 64.2 Å². The van der Waals surface area contributed by atoms with E-state index in [0.717, 1.165) is 36.4 Å². The van der Waals surface area contributed by atoms with Crippen LogP contribution in [0.15, 0.2) is 91.0 Å². The zero-order chi connectivity index (χ0) is 26.1. The van der Waals surface area contributed by atoms with Crippen LogP contribution in [0.4, 0.5) is 22.0 Å². The molecule has 2 N–H and O–H groups in total. The molecule has 0 unspecified atom stereocenters. The van der Waals surface area contributed by atoms with Crippen LogP contribution in [0.2, 0.25) is 0 Å². The number of carboxylic acids is 1. The topological polar surface area (TPSA) is 57.5 Å². The van der Waals surface area contributed by atoms with Gasteiger partial charge >= 0.3 is 12.1 Å². The monoisotopic (exact) mass is 498 g/mol. The predicted molar refractivity (Wildman–Crippen MR) is 123 cm³/mol. The first kappa shape index (κ1) is 25.1. The Morgan fingerprint density at radius 1 is 0.694 bits per heavy atom. The molecule has 4 aromatic rings. The minimum absolute atomic E-state index is 0.189. The number of rotatable bonds is 6. The van der Waals surface area contributed by atoms with Crippen LogP contribution in [0, 0.1) is 11.6 Å². The Balaban J connectivity index is 1.99. The summed E-state index contributed by atoms with van der Waals surface area (Å²) < 4.78 is 66.8. The molecule has 0 amide bonds. The normalized spacial score (nSPS) is 11.9. The van der Waals surface area contributed by atoms with Crippen LogP contribution in [0.25, 0.3) is 11.1 Å². The van der Waals surface area contributed by atoms with Crippen molar-refractivity contribution in [3.63, 3.8) is 0 Å². The van der Waals surface area contributed by atoms with Crippen molar-refractivity contribution in [3.8, 4) is 11.1 Å². The van der Waals surface area contributed by atoms with Crippen molar-refractivity contribution in [1.82, 2.24) is 0 Å². The van der Waals surface area contributed by atoms with E-state index >= 15 is 0 Å². The van der Waals surface area contributed by atoms with E-state index < -0.39 is 34.9 Å². The average Bonchev–Trinajstić information content (AvgIpc) is 2.83. The summed E-state index contributed by atoms with van der Waals surface area (Å²) in [7, 11) is 0. The van der Waals surface area contributed by atoms with Gasteiger partial charge in [0.05, 0.1) is 12.0 Å². The molecule has 0 radical (unpaired) electrons. The summed E-state index contributed by atoms with van der Waals surface area (Å²) in [6, 6.07) is 18.6. The highest BCUT2D eigenvalue weighted by molar-refractivity contribution is 5.75. The molecular weight excluding hydrogens is 479 g/mol. The number of aliphatic carboxylic acids is 1. The van der Waals surface area contributed by atoms with Gasteiger partial charge < -0.3 is 10.2 Å². The number of carbonyl (C=O) groups is 1. The van der Waals surface area contributed by atoms with E-state index in [-0.39, 0.29) is 34.2 Å². The van der Waals surface area contributed by atoms with E-state index in [1.807, 2.05) is 0 Å². The summed E-state index contributed by atoms with van der Waals surface area (Å²) >= 11 is 0. The summed E-state index contributed by atoms with van der Waals surface area (Å²) in [6.07, 6.45) is -4.92. The second kappa shape index (κ2) is 9.54. The molecule has 0 aliphatic rings. The molecule has 0 aromatic heterocycles. The van der Waals surface area contributed by atoms with Crippen LogP contribution in [-0.2, 0) is 23.0 Å². The van der Waals surface area contributed by atoms with E-state index in [1.54, 1.807) is 0 Å². The molecule has 0 saturated carbocycles. The Morgan fingerprint density at radius 2 is 1.17 bits per heavy atom. The summed E-state index contributed by atoms with van der Waals surface area (Å²) in [5.41, 5.74) is -1.34. The highest BCUT2D eigenvalue weighted by atomic mass is 19.4. The standard InChI is InChI=1S/C28H19F5O3/c29-22-10-6-19(7-11-22)27(36,20-8-12-23(30)13-9-20)25-14-1-17(16-26(34)35)15-24(25)18-2-4-21(5-3-18)28(31,32)33/h1-15,36H,16H2,(H,34,35). The minimum atomic E-state index is -4.56. The average molecular weight is 498 g/mol. The van der Waals surface area contributed by atoms with Gasteiger partial charge in [-0.3, -0.25) is 4.79 Å². The largest absolute Gasteiger partial charge is 0.481 e. The van der Waals surface area contributed by atoms with E-state index in [1.165, 1.54) is 54.6 Å². The van der Waals surface area contributed by atoms with Crippen LogP contribution in [0.5, 0.6) is 0 Å². The molecule has 8 heteroatoms. The number of aliphatic hydroxyl groups is 1. The van der Waals surface area contributed by atoms with Crippen molar-refractivity contribution >= 4 is 5.97 Å². The highest BCUT2D eigenvalue weighted by Crippen LogP contribution is 2.42. The summed E-state index contributed by atoms with van der Waals surface area (Å²) in [5.74, 6) is -2.23. The lowest BCUT2D eigenvalue weighted by molar-refractivity contribution is -0.138. The third-order valence-corrected chi connectivity index (χ3v) is 5.88. The molecule has 0 fully saturated rings. The second-order valence-electron chi connectivity index (χ2n) is 8.25. The van der Waals surface area contributed by atoms with Crippen LogP contribution in [0.1, 0.15) is 27.8 Å². The Bertz CT molecular complexity index is 1330. The number of benzene rings is 4. The first-order chi connectivity index (χ1) is 17.0. The predicted octanol–water partition coefficient (Wildman–Crippen LogP) is 6.56. The molecule has 184 valence electrons. The number of hydrogen-bond donors (Lipinski definition) is 2. The SMILES string of the molecule is O=C(O)Cc1ccc(C(O)(c2ccc(F)cc2)c2ccc(F)cc2)c(-c2ccc(C(F)(F)F)cc2)c1. The van der Waals surface area contributed by atoms with Gasteiger partial charge in [0.15, 0.2) is 0 Å². The Labute approximate surface area is 203 Å². The third-order valence-electron chi connectivity index (χ3n) is 5.88. The van der Waals surface area contributed by atoms with E-state index in [2.05, 4.69) is 0 Å². The first-order valence-electron chi connectivity index (χ1n) is 10.8. The van der Waals surface area contributed by atoms with Gasteiger partial charge in [0.1, 0.15) is 17.2 Å². The molecule has 0 aliphatic carbocycles. The van der Waals surface area contributed by atoms with Crippen LogP contribution < -0.4 is 0 Å². The van der Waals surface area contributed by atoms with E-state index in [0.29, 0.717) is 5.56 Å². The molecular formula is C28H19F5O3. The first-order valence-corrected chi connectivity index (χ1v) is 10.8. The highest BCUT2D eigenvalue weighted by Gasteiger charge is 2.37. The molecule has 0 heterocycles. The number of halogens is 5. The lowest BCUT2D eigenvalue weighted by Crippen LogP contribution is -2.30. The fourth-order valence-electron chi connectivity index (χ4n) is 4.13. The van der Waals surface area contributed by atoms with Crippen molar-refractivity contribution in [2.24, 2.45) is 0 Å². The van der Waals surface area contributed by atoms with Gasteiger partial charge in [-0.1, -0.05) is 54.6 Å². The maximum absolute atomic E-state index is 13.7. The number of hydrogen-bond acceptors (Lipinski definition) is 2. The van der Waals surface area contributed by atoms with E-state index in [9.17, 15) is 37.0 Å². The van der Waals surface area contributed by atoms with Gasteiger partial charge in [-0.25, -0.2) is 8.78 Å².